The number of carbonyl (C=O) groups excluding carboxylic acids is 2. The van der Waals surface area contributed by atoms with Gasteiger partial charge in [0.2, 0.25) is 5.91 Å². The zero-order valence-corrected chi connectivity index (χ0v) is 15.4. The van der Waals surface area contributed by atoms with Gasteiger partial charge in [0.05, 0.1) is 0 Å². The van der Waals surface area contributed by atoms with E-state index in [2.05, 4.69) is 17.4 Å². The largest absolute Gasteiger partial charge is 0.342 e. The van der Waals surface area contributed by atoms with Gasteiger partial charge in [-0.05, 0) is 24.1 Å². The molecule has 1 N–H and O–H groups in total. The number of hydrogen-bond acceptors (Lipinski definition) is 2. The summed E-state index contributed by atoms with van der Waals surface area (Å²) in [5.41, 5.74) is 2.02. The minimum Gasteiger partial charge on any atom is -0.342 e. The van der Waals surface area contributed by atoms with E-state index in [-0.39, 0.29) is 11.9 Å². The SMILES string of the molecule is O=C(CCc1ccccc1)N1C[C@@H]2CN(C(=O)Nc3ccccc3)C[C@@H]2C1. The van der Waals surface area contributed by atoms with Crippen molar-refractivity contribution in [2.75, 3.05) is 31.5 Å². The van der Waals surface area contributed by atoms with Crippen LogP contribution in [0.1, 0.15) is 12.0 Å². The summed E-state index contributed by atoms with van der Waals surface area (Å²) in [7, 11) is 0. The molecule has 140 valence electrons. The Morgan fingerprint density at radius 3 is 2.00 bits per heavy atom. The molecule has 0 bridgehead atoms. The molecule has 5 nitrogen and oxygen atoms in total. The number of aryl methyl sites for hydroxylation is 1. The maximum atomic E-state index is 12.5. The molecule has 0 saturated carbocycles. The Balaban J connectivity index is 1.25. The number of hydrogen-bond donors (Lipinski definition) is 1. The molecule has 0 aromatic heterocycles. The van der Waals surface area contributed by atoms with E-state index in [1.165, 1.54) is 5.56 Å². The summed E-state index contributed by atoms with van der Waals surface area (Å²) in [5.74, 6) is 1.02. The van der Waals surface area contributed by atoms with E-state index in [1.54, 1.807) is 0 Å². The maximum Gasteiger partial charge on any atom is 0.321 e. The summed E-state index contributed by atoms with van der Waals surface area (Å²) in [6.45, 7) is 3.00. The number of nitrogens with one attached hydrogen (secondary N) is 1. The van der Waals surface area contributed by atoms with Gasteiger partial charge in [0.1, 0.15) is 0 Å². The van der Waals surface area contributed by atoms with Crippen molar-refractivity contribution in [3.8, 4) is 0 Å². The van der Waals surface area contributed by atoms with E-state index in [0.717, 1.165) is 38.3 Å². The number of fused-ring (bicyclic) bond motifs is 1. The number of rotatable bonds is 4. The van der Waals surface area contributed by atoms with Crippen molar-refractivity contribution >= 4 is 17.6 Å². The fraction of sp³-hybridized carbons (Fsp3) is 0.364. The number of likely N-dealkylation sites (tertiary alicyclic amines) is 2. The molecule has 2 heterocycles. The number of urea groups is 1. The van der Waals surface area contributed by atoms with Gasteiger partial charge in [-0.15, -0.1) is 0 Å². The Bertz CT molecular complexity index is 780. The second-order valence-corrected chi connectivity index (χ2v) is 7.51. The molecule has 4 rings (SSSR count). The van der Waals surface area contributed by atoms with E-state index in [1.807, 2.05) is 58.3 Å². The van der Waals surface area contributed by atoms with Gasteiger partial charge in [0, 0.05) is 50.1 Å². The van der Waals surface area contributed by atoms with Gasteiger partial charge in [-0.3, -0.25) is 4.79 Å². The predicted octanol–water partition coefficient (Wildman–Crippen LogP) is 3.24. The van der Waals surface area contributed by atoms with Crippen LogP contribution in [0.2, 0.25) is 0 Å². The van der Waals surface area contributed by atoms with Crippen LogP contribution in [-0.4, -0.2) is 47.9 Å². The second-order valence-electron chi connectivity index (χ2n) is 7.51. The molecule has 0 unspecified atom stereocenters. The smallest absolute Gasteiger partial charge is 0.321 e. The molecule has 2 aliphatic heterocycles. The van der Waals surface area contributed by atoms with Gasteiger partial charge in [0.15, 0.2) is 0 Å². The van der Waals surface area contributed by atoms with Crippen LogP contribution in [0.5, 0.6) is 0 Å². The Morgan fingerprint density at radius 1 is 0.815 bits per heavy atom. The Labute approximate surface area is 160 Å². The number of para-hydroxylation sites is 1. The van der Waals surface area contributed by atoms with Gasteiger partial charge in [-0.1, -0.05) is 48.5 Å². The molecular weight excluding hydrogens is 338 g/mol. The van der Waals surface area contributed by atoms with Crippen molar-refractivity contribution in [1.29, 1.82) is 0 Å². The summed E-state index contributed by atoms with van der Waals surface area (Å²) < 4.78 is 0. The number of carbonyl (C=O) groups is 2. The summed E-state index contributed by atoms with van der Waals surface area (Å²) >= 11 is 0. The zero-order chi connectivity index (χ0) is 18.6. The lowest BCUT2D eigenvalue weighted by molar-refractivity contribution is -0.130. The molecule has 2 atom stereocenters. The second kappa shape index (κ2) is 7.82. The van der Waals surface area contributed by atoms with Crippen molar-refractivity contribution in [1.82, 2.24) is 9.80 Å². The first kappa shape index (κ1) is 17.6. The van der Waals surface area contributed by atoms with E-state index in [0.29, 0.717) is 18.3 Å². The average molecular weight is 363 g/mol. The Kier molecular flexibility index (Phi) is 5.10. The highest BCUT2D eigenvalue weighted by Crippen LogP contribution is 2.31. The van der Waals surface area contributed by atoms with Crippen molar-refractivity contribution in [3.05, 3.63) is 66.2 Å². The highest BCUT2D eigenvalue weighted by Gasteiger charge is 2.42. The summed E-state index contributed by atoms with van der Waals surface area (Å²) in [6.07, 6.45) is 1.35. The molecule has 2 saturated heterocycles. The van der Waals surface area contributed by atoms with E-state index >= 15 is 0 Å². The molecule has 0 radical (unpaired) electrons. The summed E-state index contributed by atoms with van der Waals surface area (Å²) in [4.78, 5) is 28.9. The van der Waals surface area contributed by atoms with Gasteiger partial charge in [-0.2, -0.15) is 0 Å². The third kappa shape index (κ3) is 4.13. The van der Waals surface area contributed by atoms with E-state index < -0.39 is 0 Å². The minimum absolute atomic E-state index is 0.0439. The molecule has 2 fully saturated rings. The molecule has 0 aliphatic carbocycles. The number of nitrogens with zero attached hydrogens (tertiary/aromatic N) is 2. The van der Waals surface area contributed by atoms with Crippen LogP contribution in [0.3, 0.4) is 0 Å². The lowest BCUT2D eigenvalue weighted by atomic mass is 10.0. The highest BCUT2D eigenvalue weighted by molar-refractivity contribution is 5.89. The van der Waals surface area contributed by atoms with Crippen molar-refractivity contribution in [2.45, 2.75) is 12.8 Å². The van der Waals surface area contributed by atoms with Crippen LogP contribution in [0, 0.1) is 11.8 Å². The molecule has 5 heteroatoms. The summed E-state index contributed by atoms with van der Waals surface area (Å²) in [6, 6.07) is 19.6. The standard InChI is InChI=1S/C22H25N3O2/c26-21(12-11-17-7-3-1-4-8-17)24-13-18-15-25(16-19(18)14-24)22(27)23-20-9-5-2-6-10-20/h1-10,18-19H,11-16H2,(H,23,27)/t18-,19+. The van der Waals surface area contributed by atoms with Gasteiger partial charge in [0.25, 0.3) is 0 Å². The van der Waals surface area contributed by atoms with Crippen LogP contribution in [0.15, 0.2) is 60.7 Å². The van der Waals surface area contributed by atoms with Gasteiger partial charge >= 0.3 is 6.03 Å². The normalized spacial score (nSPS) is 21.2. The summed E-state index contributed by atoms with van der Waals surface area (Å²) in [5, 5.41) is 2.95. The van der Waals surface area contributed by atoms with E-state index in [9.17, 15) is 9.59 Å². The number of anilines is 1. The fourth-order valence-electron chi connectivity index (χ4n) is 4.14. The van der Waals surface area contributed by atoms with Gasteiger partial charge < -0.3 is 15.1 Å². The Hall–Kier alpha value is -2.82. The van der Waals surface area contributed by atoms with Crippen LogP contribution in [0.4, 0.5) is 10.5 Å². The quantitative estimate of drug-likeness (QED) is 0.907. The van der Waals surface area contributed by atoms with Gasteiger partial charge in [-0.25, -0.2) is 4.79 Å². The third-order valence-corrected chi connectivity index (χ3v) is 5.62. The first-order valence-electron chi connectivity index (χ1n) is 9.62. The first-order valence-corrected chi connectivity index (χ1v) is 9.62. The molecular formula is C22H25N3O2. The topological polar surface area (TPSA) is 52.7 Å². The number of benzene rings is 2. The highest BCUT2D eigenvalue weighted by atomic mass is 16.2. The minimum atomic E-state index is -0.0439. The lowest BCUT2D eigenvalue weighted by Crippen LogP contribution is -2.37. The van der Waals surface area contributed by atoms with Crippen LogP contribution in [0.25, 0.3) is 0 Å². The third-order valence-electron chi connectivity index (χ3n) is 5.62. The van der Waals surface area contributed by atoms with Crippen LogP contribution >= 0.6 is 0 Å². The van der Waals surface area contributed by atoms with E-state index in [4.69, 9.17) is 0 Å². The molecule has 3 amide bonds. The molecule has 0 spiro atoms. The molecule has 2 aromatic carbocycles. The van der Waals surface area contributed by atoms with Crippen molar-refractivity contribution in [3.63, 3.8) is 0 Å². The Morgan fingerprint density at radius 2 is 1.37 bits per heavy atom. The number of amides is 3. The van der Waals surface area contributed by atoms with Crippen molar-refractivity contribution in [2.24, 2.45) is 11.8 Å². The molecule has 27 heavy (non-hydrogen) atoms. The lowest BCUT2D eigenvalue weighted by Gasteiger charge is -2.22. The first-order chi connectivity index (χ1) is 13.2. The fourth-order valence-corrected chi connectivity index (χ4v) is 4.14. The maximum absolute atomic E-state index is 12.5. The van der Waals surface area contributed by atoms with Crippen molar-refractivity contribution < 1.29 is 9.59 Å². The van der Waals surface area contributed by atoms with Crippen LogP contribution < -0.4 is 5.32 Å². The monoisotopic (exact) mass is 363 g/mol. The zero-order valence-electron chi connectivity index (χ0n) is 15.4. The molecule has 2 aliphatic rings. The molecule has 2 aromatic rings. The predicted molar refractivity (Wildman–Crippen MR) is 105 cm³/mol. The van der Waals surface area contributed by atoms with Crippen LogP contribution in [-0.2, 0) is 11.2 Å². The average Bonchev–Trinajstić information content (AvgIpc) is 3.27.